The van der Waals surface area contributed by atoms with Gasteiger partial charge in [0.15, 0.2) is 5.78 Å². The number of alkyl halides is 3. The lowest BCUT2D eigenvalue weighted by Gasteiger charge is -2.45. The van der Waals surface area contributed by atoms with Crippen molar-refractivity contribution in [3.63, 3.8) is 0 Å². The third kappa shape index (κ3) is 3.45. The molecule has 5 nitrogen and oxygen atoms in total. The molecule has 3 N–H and O–H groups in total. The Morgan fingerprint density at radius 1 is 1.07 bits per heavy atom. The summed E-state index contributed by atoms with van der Waals surface area (Å²) in [5, 5.41) is 14.1. The normalized spacial score (nSPS) is 25.0. The van der Waals surface area contributed by atoms with Gasteiger partial charge in [0.2, 0.25) is 5.72 Å². The lowest BCUT2D eigenvalue weighted by atomic mass is 9.77. The summed E-state index contributed by atoms with van der Waals surface area (Å²) in [4.78, 5) is 24.9. The number of halogens is 4. The number of hydrogen-bond acceptors (Lipinski definition) is 3. The molecule has 0 radical (unpaired) electrons. The highest BCUT2D eigenvalue weighted by Gasteiger charge is 2.66. The fourth-order valence-electron chi connectivity index (χ4n) is 3.18. The first-order valence-electron chi connectivity index (χ1n) is 8.27. The van der Waals surface area contributed by atoms with Crippen LogP contribution in [0.2, 0.25) is 0 Å². The Bertz CT molecular complexity index is 897. The third-order valence-corrected chi connectivity index (χ3v) is 4.65. The second-order valence-corrected chi connectivity index (χ2v) is 6.60. The first-order valence-corrected chi connectivity index (χ1v) is 8.27. The highest BCUT2D eigenvalue weighted by Crippen LogP contribution is 2.43. The Morgan fingerprint density at radius 3 is 2.18 bits per heavy atom. The number of rotatable bonds is 3. The van der Waals surface area contributed by atoms with E-state index in [1.165, 1.54) is 17.4 Å². The largest absolute Gasteiger partial charge is 0.437 e. The number of carbonyl (C=O) groups is 2. The zero-order valence-corrected chi connectivity index (χ0v) is 14.5. The molecule has 148 valence electrons. The van der Waals surface area contributed by atoms with Crippen molar-refractivity contribution in [2.24, 2.45) is 5.92 Å². The van der Waals surface area contributed by atoms with E-state index in [2.05, 4.69) is 5.32 Å². The molecule has 9 heteroatoms. The fourth-order valence-corrected chi connectivity index (χ4v) is 3.18. The van der Waals surface area contributed by atoms with Crippen molar-refractivity contribution in [1.82, 2.24) is 10.6 Å². The van der Waals surface area contributed by atoms with Crippen molar-refractivity contribution in [2.45, 2.75) is 24.9 Å². The van der Waals surface area contributed by atoms with Crippen molar-refractivity contribution in [3.05, 3.63) is 71.0 Å². The van der Waals surface area contributed by atoms with Gasteiger partial charge in [0.25, 0.3) is 0 Å². The number of nitrogens with one attached hydrogen (secondary N) is 2. The van der Waals surface area contributed by atoms with Crippen molar-refractivity contribution < 1.29 is 32.3 Å². The monoisotopic (exact) mass is 396 g/mol. The van der Waals surface area contributed by atoms with Gasteiger partial charge in [0.05, 0.1) is 6.04 Å². The highest BCUT2D eigenvalue weighted by atomic mass is 19.4. The van der Waals surface area contributed by atoms with Gasteiger partial charge in [-0.2, -0.15) is 13.2 Å². The number of urea groups is 1. The number of aliphatic hydroxyl groups is 1. The molecule has 28 heavy (non-hydrogen) atoms. The molecule has 2 aromatic rings. The Kier molecular flexibility index (Phi) is 4.88. The molecule has 2 aromatic carbocycles. The predicted molar refractivity (Wildman–Crippen MR) is 90.8 cm³/mol. The van der Waals surface area contributed by atoms with Crippen LogP contribution >= 0.6 is 0 Å². The minimum atomic E-state index is -5.34. The van der Waals surface area contributed by atoms with Gasteiger partial charge < -0.3 is 15.7 Å². The standard InChI is InChI=1S/C19H16F4N2O3/c1-10-2-4-12(5-3-10)16(26)14-15(11-6-8-13(20)9-7-11)24-17(27)25-18(14,28)19(21,22)23/h2-9,14-15,28H,1H3,(H2,24,25,27)/t14-,15+,18+/m0/s1. The van der Waals surface area contributed by atoms with Gasteiger partial charge in [0.1, 0.15) is 11.7 Å². The van der Waals surface area contributed by atoms with E-state index in [0.717, 1.165) is 29.8 Å². The van der Waals surface area contributed by atoms with Gasteiger partial charge in [-0.1, -0.05) is 42.0 Å². The van der Waals surface area contributed by atoms with Crippen molar-refractivity contribution in [1.29, 1.82) is 0 Å². The fraction of sp³-hybridized carbons (Fsp3) is 0.263. The molecule has 1 aliphatic rings. The van der Waals surface area contributed by atoms with E-state index in [0.29, 0.717) is 0 Å². The van der Waals surface area contributed by atoms with Crippen molar-refractivity contribution in [3.8, 4) is 0 Å². The van der Waals surface area contributed by atoms with E-state index in [1.807, 2.05) is 0 Å². The summed E-state index contributed by atoms with van der Waals surface area (Å²) in [5.74, 6) is -3.81. The third-order valence-electron chi connectivity index (χ3n) is 4.65. The molecule has 3 rings (SSSR count). The van der Waals surface area contributed by atoms with E-state index < -0.39 is 41.5 Å². The SMILES string of the molecule is Cc1ccc(C(=O)[C@@H]2[C@@H](c3ccc(F)cc3)NC(=O)N[C@]2(O)C(F)(F)F)cc1. The molecule has 0 bridgehead atoms. The van der Waals surface area contributed by atoms with Crippen molar-refractivity contribution in [2.75, 3.05) is 0 Å². The van der Waals surface area contributed by atoms with Crippen LogP contribution in [-0.2, 0) is 0 Å². The molecule has 0 aliphatic carbocycles. The molecule has 1 aliphatic heterocycles. The number of hydrogen-bond donors (Lipinski definition) is 3. The zero-order valence-electron chi connectivity index (χ0n) is 14.5. The van der Waals surface area contributed by atoms with Crippen LogP contribution in [0.1, 0.15) is 27.5 Å². The van der Waals surface area contributed by atoms with Crippen LogP contribution in [0.4, 0.5) is 22.4 Å². The Morgan fingerprint density at radius 2 is 1.64 bits per heavy atom. The summed E-state index contributed by atoms with van der Waals surface area (Å²) in [7, 11) is 0. The van der Waals surface area contributed by atoms with Gasteiger partial charge >= 0.3 is 12.2 Å². The molecule has 1 heterocycles. The van der Waals surface area contributed by atoms with Crippen LogP contribution in [0.25, 0.3) is 0 Å². The van der Waals surface area contributed by atoms with Crippen LogP contribution in [-0.4, -0.2) is 28.8 Å². The van der Waals surface area contributed by atoms with Crippen LogP contribution in [0.3, 0.4) is 0 Å². The lowest BCUT2D eigenvalue weighted by molar-refractivity contribution is -0.287. The van der Waals surface area contributed by atoms with Gasteiger partial charge in [0, 0.05) is 5.56 Å². The van der Waals surface area contributed by atoms with E-state index in [1.54, 1.807) is 19.1 Å². The topological polar surface area (TPSA) is 78.4 Å². The van der Waals surface area contributed by atoms with Gasteiger partial charge in [-0.25, -0.2) is 9.18 Å². The molecular formula is C19H16F4N2O3. The van der Waals surface area contributed by atoms with Crippen LogP contribution in [0, 0.1) is 18.7 Å². The average Bonchev–Trinajstić information content (AvgIpc) is 2.61. The van der Waals surface area contributed by atoms with Gasteiger partial charge in [-0.15, -0.1) is 0 Å². The molecular weight excluding hydrogens is 380 g/mol. The lowest BCUT2D eigenvalue weighted by Crippen LogP contribution is -2.72. The highest BCUT2D eigenvalue weighted by molar-refractivity contribution is 6.00. The maximum absolute atomic E-state index is 13.7. The smallest absolute Gasteiger partial charge is 0.363 e. The number of aryl methyl sites for hydroxylation is 1. The maximum Gasteiger partial charge on any atom is 0.437 e. The van der Waals surface area contributed by atoms with Crippen LogP contribution < -0.4 is 10.6 Å². The zero-order chi connectivity index (χ0) is 20.7. The average molecular weight is 396 g/mol. The maximum atomic E-state index is 13.7. The summed E-state index contributed by atoms with van der Waals surface area (Å²) in [5.41, 5.74) is -3.04. The summed E-state index contributed by atoms with van der Waals surface area (Å²) in [6.45, 7) is 1.74. The number of carbonyl (C=O) groups excluding carboxylic acids is 2. The predicted octanol–water partition coefficient (Wildman–Crippen LogP) is 3.24. The number of amides is 2. The van der Waals surface area contributed by atoms with E-state index in [4.69, 9.17) is 0 Å². The molecule has 0 spiro atoms. The first-order chi connectivity index (χ1) is 13.0. The van der Waals surface area contributed by atoms with Gasteiger partial charge in [-0.05, 0) is 24.6 Å². The Hall–Kier alpha value is -2.94. The van der Waals surface area contributed by atoms with E-state index in [9.17, 15) is 32.3 Å². The molecule has 3 atom stereocenters. The second-order valence-electron chi connectivity index (χ2n) is 6.60. The van der Waals surface area contributed by atoms with Crippen molar-refractivity contribution >= 4 is 11.8 Å². The summed E-state index contributed by atoms with van der Waals surface area (Å²) >= 11 is 0. The second kappa shape index (κ2) is 6.90. The molecule has 0 aromatic heterocycles. The van der Waals surface area contributed by atoms with Crippen LogP contribution in [0.15, 0.2) is 48.5 Å². The first kappa shape index (κ1) is 19.8. The van der Waals surface area contributed by atoms with E-state index in [-0.39, 0.29) is 11.1 Å². The number of benzene rings is 2. The molecule has 1 saturated heterocycles. The quantitative estimate of drug-likeness (QED) is 0.551. The number of ketones is 1. The van der Waals surface area contributed by atoms with Crippen LogP contribution in [0.5, 0.6) is 0 Å². The van der Waals surface area contributed by atoms with Gasteiger partial charge in [-0.3, -0.25) is 4.79 Å². The molecule has 1 fully saturated rings. The molecule has 0 saturated carbocycles. The van der Waals surface area contributed by atoms with E-state index >= 15 is 0 Å². The minimum Gasteiger partial charge on any atom is -0.363 e. The summed E-state index contributed by atoms with van der Waals surface area (Å²) in [6.07, 6.45) is -5.34. The summed E-state index contributed by atoms with van der Waals surface area (Å²) < 4.78 is 54.4. The number of Topliss-reactive ketones (excluding diaryl/α,β-unsaturated/α-hetero) is 1. The minimum absolute atomic E-state index is 0.0457. The summed E-state index contributed by atoms with van der Waals surface area (Å²) in [6, 6.07) is 7.21. The Labute approximate surface area is 157 Å². The molecule has 0 unspecified atom stereocenters. The molecule has 2 amide bonds. The Balaban J connectivity index is 2.15.